The summed E-state index contributed by atoms with van der Waals surface area (Å²) in [5.41, 5.74) is 3.32. The summed E-state index contributed by atoms with van der Waals surface area (Å²) in [6, 6.07) is 2.06. The molecule has 0 saturated carbocycles. The molecule has 3 nitrogen and oxygen atoms in total. The molecular formula is C13H17N3. The zero-order valence-corrected chi connectivity index (χ0v) is 9.96. The van der Waals surface area contributed by atoms with Gasteiger partial charge in [0.1, 0.15) is 5.65 Å². The van der Waals surface area contributed by atoms with E-state index in [1.165, 1.54) is 22.8 Å². The minimum Gasteiger partial charge on any atom is -0.360 e. The lowest BCUT2D eigenvalue weighted by molar-refractivity contribution is 1.09. The van der Waals surface area contributed by atoms with Crippen molar-refractivity contribution >= 4 is 21.9 Å². The molecule has 2 N–H and O–H groups in total. The third-order valence-electron chi connectivity index (χ3n) is 2.43. The van der Waals surface area contributed by atoms with E-state index in [1.54, 1.807) is 0 Å². The van der Waals surface area contributed by atoms with Gasteiger partial charge in [-0.3, -0.25) is 0 Å². The van der Waals surface area contributed by atoms with E-state index in [9.17, 15) is 0 Å². The van der Waals surface area contributed by atoms with Crippen molar-refractivity contribution in [3.8, 4) is 0 Å². The number of rotatable bonds is 0. The second-order valence-corrected chi connectivity index (χ2v) is 3.97. The first-order valence-corrected chi connectivity index (χ1v) is 5.67. The number of hydrogen-bond acceptors (Lipinski definition) is 1. The fourth-order valence-corrected chi connectivity index (χ4v) is 1.80. The Kier molecular flexibility index (Phi) is 2.95. The van der Waals surface area contributed by atoms with Crippen LogP contribution >= 0.6 is 0 Å². The van der Waals surface area contributed by atoms with Crippen LogP contribution < -0.4 is 0 Å². The number of fused-ring (bicyclic) bond motifs is 3. The SMILES string of the molecule is CCC.Cc1c[nH]c2cnc3[nH]ccc3c12. The standard InChI is InChI=1S/C10H9N3.C3H8/c1-6-4-12-8-5-13-10-7(9(6)8)2-3-11-10;1-3-2/h2-5,12H,1H3,(H,11,13);3H2,1-2H3. The second kappa shape index (κ2) is 4.39. The predicted molar refractivity (Wildman–Crippen MR) is 68.7 cm³/mol. The Labute approximate surface area is 94.9 Å². The summed E-state index contributed by atoms with van der Waals surface area (Å²) in [5.74, 6) is 0. The maximum atomic E-state index is 4.30. The summed E-state index contributed by atoms with van der Waals surface area (Å²) in [4.78, 5) is 10.6. The van der Waals surface area contributed by atoms with E-state index in [0.29, 0.717) is 0 Å². The molecule has 0 amide bonds. The highest BCUT2D eigenvalue weighted by molar-refractivity contribution is 6.05. The molecule has 0 unspecified atom stereocenters. The molecule has 84 valence electrons. The van der Waals surface area contributed by atoms with Crippen molar-refractivity contribution in [3.05, 3.63) is 30.2 Å². The molecule has 0 spiro atoms. The Morgan fingerprint density at radius 2 is 2.00 bits per heavy atom. The summed E-state index contributed by atoms with van der Waals surface area (Å²) in [7, 11) is 0. The van der Waals surface area contributed by atoms with Gasteiger partial charge in [-0.15, -0.1) is 0 Å². The van der Waals surface area contributed by atoms with E-state index in [2.05, 4.69) is 41.8 Å². The highest BCUT2D eigenvalue weighted by Crippen LogP contribution is 2.24. The molecule has 0 bridgehead atoms. The van der Waals surface area contributed by atoms with Gasteiger partial charge in [-0.1, -0.05) is 20.3 Å². The first-order valence-electron chi connectivity index (χ1n) is 5.67. The molecular weight excluding hydrogens is 198 g/mol. The van der Waals surface area contributed by atoms with Gasteiger partial charge in [0, 0.05) is 23.2 Å². The van der Waals surface area contributed by atoms with Gasteiger partial charge in [0.05, 0.1) is 11.7 Å². The first kappa shape index (κ1) is 10.7. The van der Waals surface area contributed by atoms with Gasteiger partial charge in [-0.25, -0.2) is 4.98 Å². The lowest BCUT2D eigenvalue weighted by Crippen LogP contribution is -1.77. The summed E-state index contributed by atoms with van der Waals surface area (Å²) < 4.78 is 0. The lowest BCUT2D eigenvalue weighted by atomic mass is 10.2. The molecule has 0 radical (unpaired) electrons. The van der Waals surface area contributed by atoms with Crippen LogP contribution in [0.4, 0.5) is 0 Å². The lowest BCUT2D eigenvalue weighted by Gasteiger charge is -1.93. The molecule has 16 heavy (non-hydrogen) atoms. The van der Waals surface area contributed by atoms with E-state index >= 15 is 0 Å². The van der Waals surface area contributed by atoms with Crippen LogP contribution in [0.5, 0.6) is 0 Å². The third kappa shape index (κ3) is 1.69. The van der Waals surface area contributed by atoms with Crippen molar-refractivity contribution in [2.45, 2.75) is 27.2 Å². The van der Waals surface area contributed by atoms with Crippen molar-refractivity contribution in [1.82, 2.24) is 15.0 Å². The van der Waals surface area contributed by atoms with Crippen molar-refractivity contribution in [3.63, 3.8) is 0 Å². The number of nitrogens with zero attached hydrogens (tertiary/aromatic N) is 1. The molecule has 0 fully saturated rings. The van der Waals surface area contributed by atoms with E-state index in [0.717, 1.165) is 11.2 Å². The molecule has 3 aromatic rings. The number of aryl methyl sites for hydroxylation is 1. The molecule has 0 atom stereocenters. The van der Waals surface area contributed by atoms with Crippen LogP contribution in [-0.4, -0.2) is 15.0 Å². The van der Waals surface area contributed by atoms with E-state index < -0.39 is 0 Å². The highest BCUT2D eigenvalue weighted by atomic mass is 14.8. The molecule has 0 aliphatic heterocycles. The summed E-state index contributed by atoms with van der Waals surface area (Å²) in [6.07, 6.45) is 7.05. The number of aromatic nitrogens is 3. The monoisotopic (exact) mass is 215 g/mol. The van der Waals surface area contributed by atoms with E-state index in [-0.39, 0.29) is 0 Å². The van der Waals surface area contributed by atoms with Gasteiger partial charge >= 0.3 is 0 Å². The van der Waals surface area contributed by atoms with Crippen LogP contribution in [0.15, 0.2) is 24.7 Å². The normalized spacial score (nSPS) is 10.4. The summed E-state index contributed by atoms with van der Waals surface area (Å²) in [5, 5.41) is 2.46. The molecule has 3 rings (SSSR count). The fraction of sp³-hybridized carbons (Fsp3) is 0.308. The minimum absolute atomic E-state index is 0.954. The minimum atomic E-state index is 0.954. The number of pyridine rings is 1. The van der Waals surface area contributed by atoms with Gasteiger partial charge in [0.15, 0.2) is 0 Å². The van der Waals surface area contributed by atoms with Crippen molar-refractivity contribution in [1.29, 1.82) is 0 Å². The van der Waals surface area contributed by atoms with Crippen LogP contribution in [0.3, 0.4) is 0 Å². The molecule has 3 heterocycles. The summed E-state index contributed by atoms with van der Waals surface area (Å²) in [6.45, 7) is 6.35. The Balaban J connectivity index is 0.000000292. The third-order valence-corrected chi connectivity index (χ3v) is 2.43. The first-order chi connectivity index (χ1) is 7.77. The fourth-order valence-electron chi connectivity index (χ4n) is 1.80. The van der Waals surface area contributed by atoms with Crippen molar-refractivity contribution in [2.75, 3.05) is 0 Å². The van der Waals surface area contributed by atoms with Crippen molar-refractivity contribution < 1.29 is 0 Å². The zero-order chi connectivity index (χ0) is 11.5. The summed E-state index contributed by atoms with van der Waals surface area (Å²) >= 11 is 0. The second-order valence-electron chi connectivity index (χ2n) is 3.97. The molecule has 0 aliphatic carbocycles. The van der Waals surface area contributed by atoms with Crippen LogP contribution in [0.25, 0.3) is 21.9 Å². The number of nitrogens with one attached hydrogen (secondary N) is 2. The van der Waals surface area contributed by atoms with Gasteiger partial charge in [0.2, 0.25) is 0 Å². The number of H-pyrrole nitrogens is 2. The molecule has 0 aromatic carbocycles. The zero-order valence-electron chi connectivity index (χ0n) is 9.96. The Morgan fingerprint density at radius 1 is 1.25 bits per heavy atom. The topological polar surface area (TPSA) is 44.5 Å². The van der Waals surface area contributed by atoms with Gasteiger partial charge in [0.25, 0.3) is 0 Å². The average molecular weight is 215 g/mol. The highest BCUT2D eigenvalue weighted by Gasteiger charge is 2.05. The Morgan fingerprint density at radius 3 is 2.75 bits per heavy atom. The maximum Gasteiger partial charge on any atom is 0.137 e. The van der Waals surface area contributed by atoms with Crippen LogP contribution in [-0.2, 0) is 0 Å². The van der Waals surface area contributed by atoms with Gasteiger partial charge in [-0.2, -0.15) is 0 Å². The largest absolute Gasteiger partial charge is 0.360 e. The predicted octanol–water partition coefficient (Wildman–Crippen LogP) is 3.77. The average Bonchev–Trinajstić information content (AvgIpc) is 2.85. The van der Waals surface area contributed by atoms with Crippen LogP contribution in [0.1, 0.15) is 25.8 Å². The Bertz CT molecular complexity index is 589. The maximum absolute atomic E-state index is 4.30. The molecule has 3 heteroatoms. The number of aromatic amines is 2. The van der Waals surface area contributed by atoms with E-state index in [4.69, 9.17) is 0 Å². The Hall–Kier alpha value is -1.77. The van der Waals surface area contributed by atoms with Gasteiger partial charge < -0.3 is 9.97 Å². The molecule has 3 aromatic heterocycles. The van der Waals surface area contributed by atoms with E-state index in [1.807, 2.05) is 18.6 Å². The quantitative estimate of drug-likeness (QED) is 0.589. The van der Waals surface area contributed by atoms with Crippen LogP contribution in [0.2, 0.25) is 0 Å². The van der Waals surface area contributed by atoms with Gasteiger partial charge in [-0.05, 0) is 18.6 Å². The molecule has 0 aliphatic rings. The van der Waals surface area contributed by atoms with Crippen LogP contribution in [0, 0.1) is 6.92 Å². The number of hydrogen-bond donors (Lipinski definition) is 2. The smallest absolute Gasteiger partial charge is 0.137 e. The van der Waals surface area contributed by atoms with Crippen molar-refractivity contribution in [2.24, 2.45) is 0 Å². The molecule has 0 saturated heterocycles.